The van der Waals surface area contributed by atoms with Gasteiger partial charge in [0.05, 0.1) is 4.92 Å². The van der Waals surface area contributed by atoms with Crippen molar-refractivity contribution in [1.29, 1.82) is 0 Å². The summed E-state index contributed by atoms with van der Waals surface area (Å²) in [5.74, 6) is 0. The normalized spacial score (nSPS) is 12.1. The van der Waals surface area contributed by atoms with Crippen molar-refractivity contribution >= 4 is 5.69 Å². The molecule has 0 aliphatic rings. The van der Waals surface area contributed by atoms with E-state index < -0.39 is 0 Å². The lowest BCUT2D eigenvalue weighted by Crippen LogP contribution is -2.83. The predicted octanol–water partition coefficient (Wildman–Crippen LogP) is 2.42. The second-order valence-corrected chi connectivity index (χ2v) is 4.56. The minimum atomic E-state index is -0.375. The lowest BCUT2D eigenvalue weighted by molar-refractivity contribution is -0.707. The van der Waals surface area contributed by atoms with Gasteiger partial charge in [0.1, 0.15) is 12.6 Å². The molecular formula is C15H17N2O2+. The monoisotopic (exact) mass is 257 g/mol. The van der Waals surface area contributed by atoms with E-state index >= 15 is 0 Å². The number of nitrogens with zero attached hydrogens (tertiary/aromatic N) is 1. The first-order chi connectivity index (χ1) is 9.16. The number of hydrogen-bond donors (Lipinski definition) is 1. The highest BCUT2D eigenvalue weighted by molar-refractivity contribution is 5.32. The molecular weight excluding hydrogens is 240 g/mol. The Morgan fingerprint density at radius 1 is 1.11 bits per heavy atom. The first kappa shape index (κ1) is 13.2. The van der Waals surface area contributed by atoms with Crippen molar-refractivity contribution in [2.75, 3.05) is 0 Å². The van der Waals surface area contributed by atoms with Gasteiger partial charge in [-0.05, 0) is 19.1 Å². The Morgan fingerprint density at radius 3 is 2.32 bits per heavy atom. The Hall–Kier alpha value is -2.20. The second-order valence-electron chi connectivity index (χ2n) is 4.56. The van der Waals surface area contributed by atoms with Crippen molar-refractivity contribution in [2.24, 2.45) is 0 Å². The molecule has 2 N–H and O–H groups in total. The molecule has 0 aromatic heterocycles. The molecule has 0 amide bonds. The molecule has 0 radical (unpaired) electrons. The molecule has 19 heavy (non-hydrogen) atoms. The van der Waals surface area contributed by atoms with Crippen LogP contribution in [0.3, 0.4) is 0 Å². The molecule has 1 atom stereocenters. The van der Waals surface area contributed by atoms with Gasteiger partial charge in [0, 0.05) is 23.3 Å². The van der Waals surface area contributed by atoms with Gasteiger partial charge in [-0.3, -0.25) is 10.1 Å². The zero-order valence-electron chi connectivity index (χ0n) is 10.8. The number of non-ortho nitro benzene ring substituents is 1. The van der Waals surface area contributed by atoms with Gasteiger partial charge in [-0.25, -0.2) is 0 Å². The highest BCUT2D eigenvalue weighted by Crippen LogP contribution is 2.11. The van der Waals surface area contributed by atoms with Crippen LogP contribution in [0.5, 0.6) is 0 Å². The Labute approximate surface area is 112 Å². The molecule has 2 aromatic carbocycles. The SMILES string of the molecule is C[C@@H]([NH2+]Cc1ccc([N+](=O)[O-])cc1)c1ccccc1. The fourth-order valence-electron chi connectivity index (χ4n) is 1.96. The average molecular weight is 257 g/mol. The third-order valence-electron chi connectivity index (χ3n) is 3.18. The first-order valence-electron chi connectivity index (χ1n) is 6.28. The summed E-state index contributed by atoms with van der Waals surface area (Å²) in [4.78, 5) is 10.2. The summed E-state index contributed by atoms with van der Waals surface area (Å²) in [7, 11) is 0. The van der Waals surface area contributed by atoms with E-state index in [1.807, 2.05) is 30.3 Å². The Bertz CT molecular complexity index is 538. The molecule has 0 aliphatic heterocycles. The van der Waals surface area contributed by atoms with Crippen LogP contribution >= 0.6 is 0 Å². The van der Waals surface area contributed by atoms with E-state index in [1.54, 1.807) is 12.1 Å². The number of hydrogen-bond acceptors (Lipinski definition) is 2. The largest absolute Gasteiger partial charge is 0.337 e. The topological polar surface area (TPSA) is 59.8 Å². The third kappa shape index (κ3) is 3.63. The van der Waals surface area contributed by atoms with Crippen LogP contribution in [0.1, 0.15) is 24.1 Å². The van der Waals surface area contributed by atoms with Crippen molar-refractivity contribution in [3.63, 3.8) is 0 Å². The highest BCUT2D eigenvalue weighted by atomic mass is 16.6. The van der Waals surface area contributed by atoms with Crippen LogP contribution in [0.4, 0.5) is 5.69 Å². The Balaban J connectivity index is 1.93. The maximum Gasteiger partial charge on any atom is 0.269 e. The van der Waals surface area contributed by atoms with Gasteiger partial charge in [-0.1, -0.05) is 30.3 Å². The summed E-state index contributed by atoms with van der Waals surface area (Å²) >= 11 is 0. The third-order valence-corrected chi connectivity index (χ3v) is 3.18. The molecule has 4 nitrogen and oxygen atoms in total. The van der Waals surface area contributed by atoms with E-state index in [0.29, 0.717) is 6.04 Å². The molecule has 0 spiro atoms. The van der Waals surface area contributed by atoms with Gasteiger partial charge >= 0.3 is 0 Å². The van der Waals surface area contributed by atoms with Gasteiger partial charge in [-0.2, -0.15) is 0 Å². The molecule has 0 bridgehead atoms. The average Bonchev–Trinajstić information content (AvgIpc) is 2.46. The maximum atomic E-state index is 10.6. The molecule has 2 aromatic rings. The standard InChI is InChI=1S/C15H16N2O2/c1-12(14-5-3-2-4-6-14)16-11-13-7-9-15(10-8-13)17(18)19/h2-10,12,16H,11H2,1H3/p+1/t12-/m1/s1. The number of nitro benzene ring substituents is 1. The van der Waals surface area contributed by atoms with Crippen LogP contribution in [0, 0.1) is 10.1 Å². The van der Waals surface area contributed by atoms with Gasteiger partial charge in [0.2, 0.25) is 0 Å². The molecule has 2 rings (SSSR count). The summed E-state index contributed by atoms with van der Waals surface area (Å²) in [5.41, 5.74) is 2.51. The van der Waals surface area contributed by atoms with E-state index in [4.69, 9.17) is 0 Å². The lowest BCUT2D eigenvalue weighted by atomic mass is 10.1. The van der Waals surface area contributed by atoms with Gasteiger partial charge in [-0.15, -0.1) is 0 Å². The summed E-state index contributed by atoms with van der Waals surface area (Å²) < 4.78 is 0. The van der Waals surface area contributed by atoms with Crippen molar-refractivity contribution in [3.8, 4) is 0 Å². The summed E-state index contributed by atoms with van der Waals surface area (Å²) in [6.45, 7) is 2.97. The molecule has 0 fully saturated rings. The number of benzene rings is 2. The van der Waals surface area contributed by atoms with Crippen LogP contribution in [0.2, 0.25) is 0 Å². The first-order valence-corrected chi connectivity index (χ1v) is 6.28. The van der Waals surface area contributed by atoms with Crippen molar-refractivity contribution < 1.29 is 10.2 Å². The molecule has 0 unspecified atom stereocenters. The van der Waals surface area contributed by atoms with Crippen LogP contribution in [0.15, 0.2) is 54.6 Å². The number of nitro groups is 1. The molecule has 0 saturated heterocycles. The highest BCUT2D eigenvalue weighted by Gasteiger charge is 2.09. The minimum absolute atomic E-state index is 0.139. The van der Waals surface area contributed by atoms with Crippen LogP contribution in [0.25, 0.3) is 0 Å². The Kier molecular flexibility index (Phi) is 4.26. The molecule has 0 aliphatic carbocycles. The fourth-order valence-corrected chi connectivity index (χ4v) is 1.96. The summed E-state index contributed by atoms with van der Waals surface area (Å²) in [6.07, 6.45) is 0. The number of nitrogens with two attached hydrogens (primary N) is 1. The predicted molar refractivity (Wildman–Crippen MR) is 73.6 cm³/mol. The van der Waals surface area contributed by atoms with Crippen molar-refractivity contribution in [2.45, 2.75) is 19.5 Å². The maximum absolute atomic E-state index is 10.6. The van der Waals surface area contributed by atoms with Crippen molar-refractivity contribution in [3.05, 3.63) is 75.8 Å². The van der Waals surface area contributed by atoms with Crippen LogP contribution < -0.4 is 5.32 Å². The van der Waals surface area contributed by atoms with E-state index in [-0.39, 0.29) is 10.6 Å². The number of rotatable bonds is 5. The van der Waals surface area contributed by atoms with Gasteiger partial charge in [0.25, 0.3) is 5.69 Å². The van der Waals surface area contributed by atoms with E-state index in [2.05, 4.69) is 24.4 Å². The number of quaternary nitrogens is 1. The van der Waals surface area contributed by atoms with E-state index in [9.17, 15) is 10.1 Å². The molecule has 98 valence electrons. The van der Waals surface area contributed by atoms with Gasteiger partial charge in [0.15, 0.2) is 0 Å². The quantitative estimate of drug-likeness (QED) is 0.660. The van der Waals surface area contributed by atoms with Crippen molar-refractivity contribution in [1.82, 2.24) is 0 Å². The van der Waals surface area contributed by atoms with E-state index in [0.717, 1.165) is 12.1 Å². The zero-order chi connectivity index (χ0) is 13.7. The van der Waals surface area contributed by atoms with Crippen LogP contribution in [-0.4, -0.2) is 4.92 Å². The smallest absolute Gasteiger partial charge is 0.269 e. The Morgan fingerprint density at radius 2 is 1.74 bits per heavy atom. The van der Waals surface area contributed by atoms with E-state index in [1.165, 1.54) is 5.56 Å². The minimum Gasteiger partial charge on any atom is -0.337 e. The fraction of sp³-hybridized carbons (Fsp3) is 0.200. The lowest BCUT2D eigenvalue weighted by Gasteiger charge is -2.10. The van der Waals surface area contributed by atoms with Gasteiger partial charge < -0.3 is 5.32 Å². The molecule has 0 saturated carbocycles. The molecule has 0 heterocycles. The molecule has 4 heteroatoms. The van der Waals surface area contributed by atoms with Crippen LogP contribution in [-0.2, 0) is 6.54 Å². The summed E-state index contributed by atoms with van der Waals surface area (Å²) in [5, 5.41) is 12.8. The zero-order valence-corrected chi connectivity index (χ0v) is 10.8. The summed E-state index contributed by atoms with van der Waals surface area (Å²) in [6, 6.07) is 17.4. The second kappa shape index (κ2) is 6.11.